The molecule has 4 nitrogen and oxygen atoms in total. The molecule has 5 rings (SSSR count). The van der Waals surface area contributed by atoms with Crippen molar-refractivity contribution in [2.45, 2.75) is 25.8 Å². The van der Waals surface area contributed by atoms with Gasteiger partial charge in [0.2, 0.25) is 5.91 Å². The number of H-pyrrole nitrogens is 1. The molecule has 3 aromatic rings. The summed E-state index contributed by atoms with van der Waals surface area (Å²) in [4.78, 5) is 19.8. The van der Waals surface area contributed by atoms with Crippen LogP contribution in [0.1, 0.15) is 24.5 Å². The Balaban J connectivity index is 1.32. The molecular formula is C24H23ClFN3O. The van der Waals surface area contributed by atoms with Crippen LogP contribution in [0.25, 0.3) is 16.5 Å². The third kappa shape index (κ3) is 3.42. The first kappa shape index (κ1) is 19.3. The third-order valence-corrected chi connectivity index (χ3v) is 6.45. The van der Waals surface area contributed by atoms with Crippen molar-refractivity contribution in [2.24, 2.45) is 0 Å². The normalized spacial score (nSPS) is 19.2. The molecule has 154 valence electrons. The summed E-state index contributed by atoms with van der Waals surface area (Å²) in [6, 6.07) is 10.7. The molecule has 0 saturated heterocycles. The van der Waals surface area contributed by atoms with E-state index in [9.17, 15) is 9.18 Å². The van der Waals surface area contributed by atoms with Gasteiger partial charge in [-0.1, -0.05) is 23.7 Å². The molecule has 1 aromatic heterocycles. The van der Waals surface area contributed by atoms with Gasteiger partial charge in [-0.05, 0) is 54.3 Å². The van der Waals surface area contributed by atoms with Gasteiger partial charge in [0.15, 0.2) is 0 Å². The Morgan fingerprint density at radius 2 is 2.13 bits per heavy atom. The van der Waals surface area contributed by atoms with Gasteiger partial charge in [0.1, 0.15) is 5.82 Å². The number of anilines is 1. The zero-order valence-corrected chi connectivity index (χ0v) is 17.5. The van der Waals surface area contributed by atoms with Crippen LogP contribution in [0.15, 0.2) is 48.7 Å². The number of nitrogens with one attached hydrogen (secondary N) is 1. The van der Waals surface area contributed by atoms with E-state index >= 15 is 0 Å². The molecule has 0 radical (unpaired) electrons. The number of carbonyl (C=O) groups excluding carboxylic acids is 1. The molecule has 0 fully saturated rings. The number of amides is 1. The summed E-state index contributed by atoms with van der Waals surface area (Å²) < 4.78 is 13.7. The number of halogens is 2. The molecule has 2 aliphatic heterocycles. The minimum Gasteiger partial charge on any atom is -0.361 e. The van der Waals surface area contributed by atoms with E-state index in [1.807, 2.05) is 17.0 Å². The van der Waals surface area contributed by atoms with Crippen molar-refractivity contribution in [2.75, 3.05) is 24.5 Å². The van der Waals surface area contributed by atoms with Gasteiger partial charge in [0.05, 0.1) is 6.04 Å². The van der Waals surface area contributed by atoms with Crippen LogP contribution < -0.4 is 4.90 Å². The van der Waals surface area contributed by atoms with Gasteiger partial charge < -0.3 is 9.88 Å². The van der Waals surface area contributed by atoms with Crippen LogP contribution >= 0.6 is 11.6 Å². The van der Waals surface area contributed by atoms with Crippen LogP contribution in [-0.4, -0.2) is 41.5 Å². The molecule has 0 spiro atoms. The number of aromatic nitrogens is 1. The SMILES string of the molecule is CC(=O)N1c2ccc(F)cc2CC1CN1CC=C(c2c[nH]c3cc(Cl)ccc23)CC1. The molecular weight excluding hydrogens is 401 g/mol. The maximum atomic E-state index is 13.7. The number of hydrogen-bond acceptors (Lipinski definition) is 2. The minimum absolute atomic E-state index is 0.0102. The van der Waals surface area contributed by atoms with Crippen LogP contribution in [-0.2, 0) is 11.2 Å². The Hall–Kier alpha value is -2.63. The Kier molecular flexibility index (Phi) is 4.88. The van der Waals surface area contributed by atoms with Crippen LogP contribution in [0.5, 0.6) is 0 Å². The summed E-state index contributed by atoms with van der Waals surface area (Å²) in [5.74, 6) is -0.237. The van der Waals surface area contributed by atoms with E-state index in [1.165, 1.54) is 22.6 Å². The van der Waals surface area contributed by atoms with E-state index in [1.54, 1.807) is 19.1 Å². The number of fused-ring (bicyclic) bond motifs is 2. The van der Waals surface area contributed by atoms with Crippen molar-refractivity contribution >= 4 is 39.7 Å². The first-order valence-electron chi connectivity index (χ1n) is 10.3. The predicted octanol–water partition coefficient (Wildman–Crippen LogP) is 5.03. The molecule has 1 atom stereocenters. The average Bonchev–Trinajstić information content (AvgIpc) is 3.28. The fraction of sp³-hybridized carbons (Fsp3) is 0.292. The second kappa shape index (κ2) is 7.56. The van der Waals surface area contributed by atoms with Gasteiger partial charge in [0, 0.05) is 59.9 Å². The molecule has 0 aliphatic carbocycles. The van der Waals surface area contributed by atoms with Crippen molar-refractivity contribution in [3.8, 4) is 0 Å². The molecule has 1 N–H and O–H groups in total. The van der Waals surface area contributed by atoms with Crippen LogP contribution in [0.2, 0.25) is 5.02 Å². The van der Waals surface area contributed by atoms with Gasteiger partial charge in [-0.2, -0.15) is 0 Å². The van der Waals surface area contributed by atoms with Gasteiger partial charge >= 0.3 is 0 Å². The predicted molar refractivity (Wildman–Crippen MR) is 119 cm³/mol. The fourth-order valence-electron chi connectivity index (χ4n) is 4.85. The standard InChI is InChI=1S/C24H23ClFN3O/c1-15(30)29-20(11-17-10-19(26)3-5-24(17)29)14-28-8-6-16(7-9-28)22-13-27-23-12-18(25)2-4-21(22)23/h2-6,10,12-13,20,27H,7-9,11,14H2,1H3. The highest BCUT2D eigenvalue weighted by atomic mass is 35.5. The van der Waals surface area contributed by atoms with Crippen LogP contribution in [0.4, 0.5) is 10.1 Å². The topological polar surface area (TPSA) is 39.3 Å². The fourth-order valence-corrected chi connectivity index (χ4v) is 5.02. The van der Waals surface area contributed by atoms with E-state index in [0.717, 1.165) is 47.8 Å². The zero-order chi connectivity index (χ0) is 20.8. The maximum Gasteiger partial charge on any atom is 0.224 e. The highest BCUT2D eigenvalue weighted by Crippen LogP contribution is 2.34. The molecule has 2 aliphatic rings. The maximum absolute atomic E-state index is 13.7. The summed E-state index contributed by atoms with van der Waals surface area (Å²) in [7, 11) is 0. The minimum atomic E-state index is -0.247. The van der Waals surface area contributed by atoms with Crippen molar-refractivity contribution in [3.63, 3.8) is 0 Å². The molecule has 6 heteroatoms. The largest absolute Gasteiger partial charge is 0.361 e. The average molecular weight is 424 g/mol. The third-order valence-electron chi connectivity index (χ3n) is 6.21. The van der Waals surface area contributed by atoms with E-state index in [2.05, 4.69) is 28.2 Å². The summed E-state index contributed by atoms with van der Waals surface area (Å²) in [5.41, 5.74) is 5.38. The summed E-state index contributed by atoms with van der Waals surface area (Å²) in [6.07, 6.45) is 5.98. The van der Waals surface area contributed by atoms with Crippen LogP contribution in [0.3, 0.4) is 0 Å². The molecule has 2 aromatic carbocycles. The number of benzene rings is 2. The molecule has 30 heavy (non-hydrogen) atoms. The van der Waals surface area contributed by atoms with Gasteiger partial charge in [0.25, 0.3) is 0 Å². The van der Waals surface area contributed by atoms with Crippen LogP contribution in [0, 0.1) is 5.82 Å². The number of nitrogens with zero attached hydrogens (tertiary/aromatic N) is 2. The molecule has 0 bridgehead atoms. The number of aromatic amines is 1. The lowest BCUT2D eigenvalue weighted by atomic mass is 9.98. The number of hydrogen-bond donors (Lipinski definition) is 1. The Labute approximate surface area is 179 Å². The lowest BCUT2D eigenvalue weighted by Crippen LogP contribution is -2.45. The molecule has 1 amide bonds. The van der Waals surface area contributed by atoms with Crippen molar-refractivity contribution in [1.82, 2.24) is 9.88 Å². The number of carbonyl (C=O) groups is 1. The summed E-state index contributed by atoms with van der Waals surface area (Å²) in [6.45, 7) is 4.13. The zero-order valence-electron chi connectivity index (χ0n) is 16.8. The van der Waals surface area contributed by atoms with E-state index in [0.29, 0.717) is 6.42 Å². The van der Waals surface area contributed by atoms with Crippen molar-refractivity contribution in [3.05, 3.63) is 70.6 Å². The quantitative estimate of drug-likeness (QED) is 0.642. The molecule has 0 saturated carbocycles. The lowest BCUT2D eigenvalue weighted by Gasteiger charge is -2.32. The van der Waals surface area contributed by atoms with E-state index < -0.39 is 0 Å². The first-order chi connectivity index (χ1) is 14.5. The Morgan fingerprint density at radius 3 is 2.90 bits per heavy atom. The molecule has 1 unspecified atom stereocenters. The smallest absolute Gasteiger partial charge is 0.224 e. The molecule has 3 heterocycles. The second-order valence-corrected chi connectivity index (χ2v) is 8.59. The van der Waals surface area contributed by atoms with E-state index in [-0.39, 0.29) is 17.8 Å². The van der Waals surface area contributed by atoms with Gasteiger partial charge in [-0.15, -0.1) is 0 Å². The van der Waals surface area contributed by atoms with Crippen molar-refractivity contribution in [1.29, 1.82) is 0 Å². The first-order valence-corrected chi connectivity index (χ1v) is 10.6. The van der Waals surface area contributed by atoms with Gasteiger partial charge in [-0.3, -0.25) is 9.69 Å². The Bertz CT molecular complexity index is 1170. The van der Waals surface area contributed by atoms with E-state index in [4.69, 9.17) is 11.6 Å². The lowest BCUT2D eigenvalue weighted by molar-refractivity contribution is -0.117. The highest BCUT2D eigenvalue weighted by Gasteiger charge is 2.33. The van der Waals surface area contributed by atoms with Gasteiger partial charge in [-0.25, -0.2) is 4.39 Å². The number of rotatable bonds is 3. The second-order valence-electron chi connectivity index (χ2n) is 8.15. The monoisotopic (exact) mass is 423 g/mol. The Morgan fingerprint density at radius 1 is 1.27 bits per heavy atom. The summed E-state index contributed by atoms with van der Waals surface area (Å²) in [5, 5.41) is 1.92. The van der Waals surface area contributed by atoms with Crippen molar-refractivity contribution < 1.29 is 9.18 Å². The highest BCUT2D eigenvalue weighted by molar-refractivity contribution is 6.31. The summed E-state index contributed by atoms with van der Waals surface area (Å²) >= 11 is 6.10.